The minimum absolute atomic E-state index is 0.0430. The fraction of sp³-hybridized carbons (Fsp3) is 0.623. The lowest BCUT2D eigenvalue weighted by atomic mass is 10.1. The number of nitrogens with zero attached hydrogens (tertiary/aromatic N) is 1. The van der Waals surface area contributed by atoms with E-state index in [9.17, 15) is 19.0 Å². The van der Waals surface area contributed by atoms with Crippen LogP contribution < -0.4 is 4.89 Å². The van der Waals surface area contributed by atoms with Crippen LogP contribution in [0.2, 0.25) is 0 Å². The van der Waals surface area contributed by atoms with E-state index in [1.54, 1.807) is 0 Å². The normalized spacial score (nSPS) is 14.4. The number of unbranched alkanes of at least 4 members (excludes halogenated alkanes) is 10. The molecular formula is C53H88NO8P. The van der Waals surface area contributed by atoms with Gasteiger partial charge in [0, 0.05) is 12.8 Å². The summed E-state index contributed by atoms with van der Waals surface area (Å²) in [6.45, 7) is 4.01. The van der Waals surface area contributed by atoms with Crippen LogP contribution in [0.15, 0.2) is 109 Å². The molecule has 0 bridgehead atoms. The summed E-state index contributed by atoms with van der Waals surface area (Å²) < 4.78 is 33.8. The Bertz CT molecular complexity index is 1430. The molecule has 0 N–H and O–H groups in total. The first kappa shape index (κ1) is 59.7. The average Bonchev–Trinajstić information content (AvgIpc) is 3.24. The topological polar surface area (TPSA) is 111 Å². The molecule has 0 heterocycles. The molecule has 0 spiro atoms. The van der Waals surface area contributed by atoms with Crippen molar-refractivity contribution < 1.29 is 42.1 Å². The van der Waals surface area contributed by atoms with Crippen LogP contribution >= 0.6 is 7.82 Å². The Hall–Kier alpha value is -3.33. The summed E-state index contributed by atoms with van der Waals surface area (Å²) in [5.41, 5.74) is 0. The van der Waals surface area contributed by atoms with E-state index in [1.165, 1.54) is 25.7 Å². The summed E-state index contributed by atoms with van der Waals surface area (Å²) in [6.07, 6.45) is 60.0. The molecule has 10 heteroatoms. The number of likely N-dealkylation sites (N-methyl/N-ethyl adjacent to an activating group) is 1. The SMILES string of the molecule is CC/C=C\C/C=C\C/C=C\C/C=C\C/C=C\C/C=C\C/C=C\C/C=C\C/C=C\CCCCCC(=O)OC(COC(=O)CCCCCCCCCC)COP(=O)([O-])OCC[N+](C)(C)C. The molecule has 0 aliphatic heterocycles. The fourth-order valence-electron chi connectivity index (χ4n) is 5.82. The molecule has 2 atom stereocenters. The van der Waals surface area contributed by atoms with Gasteiger partial charge in [-0.1, -0.05) is 175 Å². The number of hydrogen-bond acceptors (Lipinski definition) is 8. The molecule has 0 amide bonds. The number of quaternary nitrogens is 1. The van der Waals surface area contributed by atoms with Crippen LogP contribution in [0.3, 0.4) is 0 Å². The van der Waals surface area contributed by atoms with Crippen LogP contribution in [-0.2, 0) is 32.7 Å². The van der Waals surface area contributed by atoms with Gasteiger partial charge in [-0.3, -0.25) is 14.2 Å². The lowest BCUT2D eigenvalue weighted by molar-refractivity contribution is -0.870. The number of hydrogen-bond donors (Lipinski definition) is 0. The summed E-state index contributed by atoms with van der Waals surface area (Å²) in [7, 11) is 1.12. The number of carbonyl (C=O) groups is 2. The molecule has 9 nitrogen and oxygen atoms in total. The Labute approximate surface area is 385 Å². The van der Waals surface area contributed by atoms with Gasteiger partial charge in [0.25, 0.3) is 7.82 Å². The highest BCUT2D eigenvalue weighted by molar-refractivity contribution is 7.45. The van der Waals surface area contributed by atoms with E-state index in [0.29, 0.717) is 17.4 Å². The Morgan fingerprint density at radius 1 is 0.508 bits per heavy atom. The highest BCUT2D eigenvalue weighted by Crippen LogP contribution is 2.38. The highest BCUT2D eigenvalue weighted by Gasteiger charge is 2.21. The molecule has 0 rings (SSSR count). The van der Waals surface area contributed by atoms with Crippen molar-refractivity contribution in [3.05, 3.63) is 109 Å². The molecule has 2 unspecified atom stereocenters. The van der Waals surface area contributed by atoms with Gasteiger partial charge in [-0.2, -0.15) is 0 Å². The van der Waals surface area contributed by atoms with Crippen molar-refractivity contribution in [2.24, 2.45) is 0 Å². The fourth-order valence-corrected chi connectivity index (χ4v) is 6.55. The zero-order valence-electron chi connectivity index (χ0n) is 40.2. The van der Waals surface area contributed by atoms with Crippen LogP contribution in [0, 0.1) is 0 Å². The minimum atomic E-state index is -4.64. The highest BCUT2D eigenvalue weighted by atomic mass is 31.2. The number of phosphoric acid groups is 1. The Morgan fingerprint density at radius 2 is 0.905 bits per heavy atom. The predicted molar refractivity (Wildman–Crippen MR) is 263 cm³/mol. The van der Waals surface area contributed by atoms with Gasteiger partial charge in [0.15, 0.2) is 6.10 Å². The Balaban J connectivity index is 4.26. The second kappa shape index (κ2) is 43.9. The van der Waals surface area contributed by atoms with Crippen LogP contribution in [-0.4, -0.2) is 70.0 Å². The van der Waals surface area contributed by atoms with Crippen molar-refractivity contribution in [3.8, 4) is 0 Å². The molecule has 0 aromatic rings. The molecule has 0 aromatic heterocycles. The third kappa shape index (κ3) is 48.0. The third-order valence-electron chi connectivity index (χ3n) is 9.56. The third-order valence-corrected chi connectivity index (χ3v) is 10.5. The van der Waals surface area contributed by atoms with E-state index >= 15 is 0 Å². The quantitative estimate of drug-likeness (QED) is 0.0196. The van der Waals surface area contributed by atoms with Crippen molar-refractivity contribution >= 4 is 19.8 Å². The number of esters is 2. The predicted octanol–water partition coefficient (Wildman–Crippen LogP) is 13.7. The van der Waals surface area contributed by atoms with E-state index in [-0.39, 0.29) is 26.1 Å². The first-order chi connectivity index (χ1) is 30.5. The van der Waals surface area contributed by atoms with Crippen LogP contribution in [0.25, 0.3) is 0 Å². The number of carbonyl (C=O) groups excluding carboxylic acids is 2. The molecule has 63 heavy (non-hydrogen) atoms. The van der Waals surface area contributed by atoms with Gasteiger partial charge in [-0.15, -0.1) is 0 Å². The number of ether oxygens (including phenoxy) is 2. The van der Waals surface area contributed by atoms with Gasteiger partial charge >= 0.3 is 11.9 Å². The lowest BCUT2D eigenvalue weighted by Gasteiger charge is -2.28. The van der Waals surface area contributed by atoms with Gasteiger partial charge in [-0.25, -0.2) is 0 Å². The van der Waals surface area contributed by atoms with E-state index in [1.807, 2.05) is 21.1 Å². The monoisotopic (exact) mass is 898 g/mol. The molecule has 0 saturated carbocycles. The number of phosphoric ester groups is 1. The van der Waals surface area contributed by atoms with E-state index < -0.39 is 32.5 Å². The van der Waals surface area contributed by atoms with Crippen molar-refractivity contribution in [2.45, 2.75) is 168 Å². The molecule has 0 radical (unpaired) electrons. The molecule has 0 saturated heterocycles. The Morgan fingerprint density at radius 3 is 1.35 bits per heavy atom. The van der Waals surface area contributed by atoms with E-state index in [4.69, 9.17) is 18.5 Å². The minimum Gasteiger partial charge on any atom is -0.756 e. The van der Waals surface area contributed by atoms with E-state index in [2.05, 4.69) is 123 Å². The largest absolute Gasteiger partial charge is 0.756 e. The second-order valence-corrected chi connectivity index (χ2v) is 18.2. The van der Waals surface area contributed by atoms with Gasteiger partial charge in [0.2, 0.25) is 0 Å². The summed E-state index contributed by atoms with van der Waals surface area (Å²) in [5, 5.41) is 0. The van der Waals surface area contributed by atoms with Crippen LogP contribution in [0.4, 0.5) is 0 Å². The summed E-state index contributed by atoms with van der Waals surface area (Å²) in [4.78, 5) is 37.4. The van der Waals surface area contributed by atoms with Gasteiger partial charge in [-0.05, 0) is 83.5 Å². The van der Waals surface area contributed by atoms with Crippen molar-refractivity contribution in [1.82, 2.24) is 0 Å². The maximum absolute atomic E-state index is 12.7. The standard InChI is InChI=1S/C53H88NO8P/c1-6-8-10-12-14-16-17-18-19-20-21-22-23-24-25-26-27-28-29-30-31-32-33-34-35-36-37-38-40-42-44-46-53(56)62-51(50-61-63(57,58)60-48-47-54(3,4)5)49-59-52(55)45-43-41-39-15-13-11-9-7-2/h8,10,14,16,18-19,21-22,24-25,27-28,30-31,33-34,36-37,51H,6-7,9,11-13,15,17,20,23,26,29,32,35,38-50H2,1-5H3/b10-8-,16-14-,19-18-,22-21-,25-24-,28-27-,31-30-,34-33-,37-36-. The maximum Gasteiger partial charge on any atom is 0.306 e. The lowest BCUT2D eigenvalue weighted by Crippen LogP contribution is -2.37. The first-order valence-corrected chi connectivity index (χ1v) is 25.6. The molecule has 0 aromatic carbocycles. The van der Waals surface area contributed by atoms with Crippen LogP contribution in [0.1, 0.15) is 162 Å². The zero-order valence-corrected chi connectivity index (χ0v) is 41.1. The summed E-state index contributed by atoms with van der Waals surface area (Å²) in [6, 6.07) is 0. The molecule has 0 fully saturated rings. The molecule has 358 valence electrons. The smallest absolute Gasteiger partial charge is 0.306 e. The van der Waals surface area contributed by atoms with E-state index in [0.717, 1.165) is 103 Å². The number of allylic oxidation sites excluding steroid dienone is 18. The molecular weight excluding hydrogens is 810 g/mol. The van der Waals surface area contributed by atoms with Gasteiger partial charge < -0.3 is 27.9 Å². The van der Waals surface area contributed by atoms with Crippen molar-refractivity contribution in [2.75, 3.05) is 47.5 Å². The summed E-state index contributed by atoms with van der Waals surface area (Å²) in [5.74, 6) is -0.888. The molecule has 0 aliphatic rings. The maximum atomic E-state index is 12.7. The Kier molecular flexibility index (Phi) is 41.6. The van der Waals surface area contributed by atoms with Gasteiger partial charge in [0.1, 0.15) is 19.8 Å². The van der Waals surface area contributed by atoms with Crippen LogP contribution in [0.5, 0.6) is 0 Å². The van der Waals surface area contributed by atoms with Gasteiger partial charge in [0.05, 0.1) is 27.7 Å². The zero-order chi connectivity index (χ0) is 46.4. The molecule has 0 aliphatic carbocycles. The van der Waals surface area contributed by atoms with Crippen molar-refractivity contribution in [1.29, 1.82) is 0 Å². The van der Waals surface area contributed by atoms with Crippen molar-refractivity contribution in [3.63, 3.8) is 0 Å². The summed E-state index contributed by atoms with van der Waals surface area (Å²) >= 11 is 0. The average molecular weight is 898 g/mol. The number of rotatable bonds is 42. The first-order valence-electron chi connectivity index (χ1n) is 24.1. The second-order valence-electron chi connectivity index (χ2n) is 16.7.